The van der Waals surface area contributed by atoms with Crippen LogP contribution in [0.3, 0.4) is 0 Å². The van der Waals surface area contributed by atoms with Crippen LogP contribution in [0.5, 0.6) is 0 Å². The van der Waals surface area contributed by atoms with Gasteiger partial charge in [0.25, 0.3) is 0 Å². The lowest BCUT2D eigenvalue weighted by Gasteiger charge is -2.29. The number of hydrogen-bond acceptors (Lipinski definition) is 5. The summed E-state index contributed by atoms with van der Waals surface area (Å²) in [5.41, 5.74) is 0. The molecule has 2 aromatic heterocycles. The topological polar surface area (TPSA) is 66.6 Å². The van der Waals surface area contributed by atoms with Crippen LogP contribution in [0.2, 0.25) is 0 Å². The van der Waals surface area contributed by atoms with E-state index in [1.54, 1.807) is 6.20 Å². The summed E-state index contributed by atoms with van der Waals surface area (Å²) < 4.78 is 5.82. The number of pyridine rings is 1. The highest BCUT2D eigenvalue weighted by atomic mass is 32.2. The highest BCUT2D eigenvalue weighted by Gasteiger charge is 2.25. The Balaban J connectivity index is 1.58. The van der Waals surface area contributed by atoms with Gasteiger partial charge in [0, 0.05) is 12.7 Å². The molecule has 22 heavy (non-hydrogen) atoms. The predicted octanol–water partition coefficient (Wildman–Crippen LogP) is 3.12. The maximum absolute atomic E-state index is 11.1. The summed E-state index contributed by atoms with van der Waals surface area (Å²) >= 11 is 1.49. The molecule has 3 rings (SSSR count). The molecule has 1 N–H and O–H groups in total. The van der Waals surface area contributed by atoms with Gasteiger partial charge in [0.15, 0.2) is 5.09 Å². The Labute approximate surface area is 133 Å². The minimum atomic E-state index is -0.699. The van der Waals surface area contributed by atoms with Gasteiger partial charge in [-0.3, -0.25) is 9.69 Å². The number of piperidine rings is 1. The van der Waals surface area contributed by atoms with Crippen LogP contribution in [0, 0.1) is 5.92 Å². The van der Waals surface area contributed by atoms with E-state index in [0.717, 1.165) is 35.3 Å². The monoisotopic (exact) mass is 318 g/mol. The highest BCUT2D eigenvalue weighted by molar-refractivity contribution is 7.99. The Morgan fingerprint density at radius 3 is 3.09 bits per heavy atom. The van der Waals surface area contributed by atoms with Crippen LogP contribution in [0.4, 0.5) is 0 Å². The smallest absolute Gasteiger partial charge is 0.307 e. The van der Waals surface area contributed by atoms with Crippen molar-refractivity contribution < 1.29 is 14.3 Å². The third-order valence-corrected chi connectivity index (χ3v) is 4.59. The second kappa shape index (κ2) is 6.98. The molecule has 116 valence electrons. The Hall–Kier alpha value is -1.79. The minimum Gasteiger partial charge on any atom is -0.481 e. The zero-order valence-corrected chi connectivity index (χ0v) is 13.0. The van der Waals surface area contributed by atoms with Crippen molar-refractivity contribution in [3.8, 4) is 0 Å². The van der Waals surface area contributed by atoms with E-state index in [0.29, 0.717) is 13.1 Å². The molecule has 1 aliphatic heterocycles. The zero-order valence-electron chi connectivity index (χ0n) is 12.1. The summed E-state index contributed by atoms with van der Waals surface area (Å²) in [6.07, 6.45) is 3.45. The van der Waals surface area contributed by atoms with Crippen molar-refractivity contribution in [1.82, 2.24) is 9.88 Å². The van der Waals surface area contributed by atoms with Crippen LogP contribution < -0.4 is 0 Å². The van der Waals surface area contributed by atoms with Crippen molar-refractivity contribution >= 4 is 17.7 Å². The Morgan fingerprint density at radius 1 is 1.41 bits per heavy atom. The molecule has 1 aliphatic rings. The van der Waals surface area contributed by atoms with Crippen LogP contribution in [0.25, 0.3) is 0 Å². The lowest BCUT2D eigenvalue weighted by molar-refractivity contribution is -0.143. The van der Waals surface area contributed by atoms with Gasteiger partial charge in [-0.25, -0.2) is 4.98 Å². The first-order valence-electron chi connectivity index (χ1n) is 7.33. The van der Waals surface area contributed by atoms with Crippen molar-refractivity contribution in [3.63, 3.8) is 0 Å². The van der Waals surface area contributed by atoms with Gasteiger partial charge in [0.1, 0.15) is 10.8 Å². The number of rotatable bonds is 5. The summed E-state index contributed by atoms with van der Waals surface area (Å²) in [6, 6.07) is 9.66. The van der Waals surface area contributed by atoms with Crippen molar-refractivity contribution in [2.75, 3.05) is 13.1 Å². The fourth-order valence-corrected chi connectivity index (χ4v) is 3.38. The van der Waals surface area contributed by atoms with Gasteiger partial charge >= 0.3 is 5.97 Å². The van der Waals surface area contributed by atoms with E-state index in [4.69, 9.17) is 9.52 Å². The van der Waals surface area contributed by atoms with Gasteiger partial charge < -0.3 is 9.52 Å². The average Bonchev–Trinajstić information content (AvgIpc) is 2.95. The number of aromatic nitrogens is 1. The highest BCUT2D eigenvalue weighted by Crippen LogP contribution is 2.28. The van der Waals surface area contributed by atoms with Gasteiger partial charge in [-0.15, -0.1) is 0 Å². The molecule has 3 heterocycles. The molecule has 0 aromatic carbocycles. The lowest BCUT2D eigenvalue weighted by atomic mass is 9.98. The van der Waals surface area contributed by atoms with E-state index in [2.05, 4.69) is 9.88 Å². The van der Waals surface area contributed by atoms with Crippen molar-refractivity contribution in [1.29, 1.82) is 0 Å². The van der Waals surface area contributed by atoms with Gasteiger partial charge in [0.05, 0.1) is 12.5 Å². The number of aliphatic carboxylic acids is 1. The Kier molecular flexibility index (Phi) is 4.80. The van der Waals surface area contributed by atoms with E-state index in [9.17, 15) is 4.79 Å². The van der Waals surface area contributed by atoms with Crippen molar-refractivity contribution in [3.05, 3.63) is 42.3 Å². The molecule has 1 unspecified atom stereocenters. The van der Waals surface area contributed by atoms with E-state index in [-0.39, 0.29) is 5.92 Å². The van der Waals surface area contributed by atoms with E-state index in [1.807, 2.05) is 30.3 Å². The summed E-state index contributed by atoms with van der Waals surface area (Å²) in [7, 11) is 0. The quantitative estimate of drug-likeness (QED) is 0.913. The number of hydrogen-bond donors (Lipinski definition) is 1. The molecule has 1 saturated heterocycles. The van der Waals surface area contributed by atoms with Gasteiger partial charge in [0.2, 0.25) is 0 Å². The van der Waals surface area contributed by atoms with Crippen LogP contribution in [-0.2, 0) is 11.3 Å². The maximum atomic E-state index is 11.1. The summed E-state index contributed by atoms with van der Waals surface area (Å²) in [6.45, 7) is 2.18. The van der Waals surface area contributed by atoms with E-state index in [1.165, 1.54) is 11.8 Å². The number of carboxylic acids is 1. The fourth-order valence-electron chi connectivity index (χ4n) is 2.63. The molecular formula is C16H18N2O3S. The SMILES string of the molecule is O=C(O)C1CCCN(Cc2ccc(Sc3ccccn3)o2)C1. The van der Waals surface area contributed by atoms with Crippen molar-refractivity contribution in [2.24, 2.45) is 5.92 Å². The van der Waals surface area contributed by atoms with E-state index >= 15 is 0 Å². The number of carboxylic acid groups (broad SMARTS) is 1. The number of carbonyl (C=O) groups is 1. The Morgan fingerprint density at radius 2 is 2.32 bits per heavy atom. The van der Waals surface area contributed by atoms with Crippen molar-refractivity contribution in [2.45, 2.75) is 29.5 Å². The minimum absolute atomic E-state index is 0.258. The predicted molar refractivity (Wildman–Crippen MR) is 82.7 cm³/mol. The first-order valence-corrected chi connectivity index (χ1v) is 8.15. The molecule has 6 heteroatoms. The molecule has 1 atom stereocenters. The number of likely N-dealkylation sites (tertiary alicyclic amines) is 1. The van der Waals surface area contributed by atoms with Gasteiger partial charge in [-0.2, -0.15) is 0 Å². The molecule has 0 spiro atoms. The second-order valence-electron chi connectivity index (χ2n) is 5.40. The van der Waals surface area contributed by atoms with Gasteiger partial charge in [-0.05, 0) is 55.4 Å². The maximum Gasteiger partial charge on any atom is 0.307 e. The normalized spacial score (nSPS) is 19.2. The average molecular weight is 318 g/mol. The molecule has 0 bridgehead atoms. The molecule has 1 fully saturated rings. The first kappa shape index (κ1) is 15.1. The van der Waals surface area contributed by atoms with Crippen LogP contribution in [0.15, 0.2) is 51.1 Å². The van der Waals surface area contributed by atoms with E-state index < -0.39 is 5.97 Å². The largest absolute Gasteiger partial charge is 0.481 e. The Bertz CT molecular complexity index is 629. The molecule has 5 nitrogen and oxygen atoms in total. The number of nitrogens with zero attached hydrogens (tertiary/aromatic N) is 2. The molecule has 0 radical (unpaired) electrons. The molecular weight excluding hydrogens is 300 g/mol. The third-order valence-electron chi connectivity index (χ3n) is 3.71. The molecule has 0 aliphatic carbocycles. The second-order valence-corrected chi connectivity index (χ2v) is 6.43. The number of furan rings is 1. The summed E-state index contributed by atoms with van der Waals surface area (Å²) in [5, 5.41) is 10.8. The van der Waals surface area contributed by atoms with Crippen LogP contribution >= 0.6 is 11.8 Å². The first-order chi connectivity index (χ1) is 10.7. The summed E-state index contributed by atoms with van der Waals surface area (Å²) in [5.74, 6) is -0.0916. The molecule has 0 amide bonds. The molecule has 0 saturated carbocycles. The fraction of sp³-hybridized carbons (Fsp3) is 0.375. The standard InChI is InChI=1S/C16H18N2O3S/c19-16(20)12-4-3-9-18(10-12)11-13-6-7-15(21-13)22-14-5-1-2-8-17-14/h1-2,5-8,12H,3-4,9-11H2,(H,19,20). The van der Waals surface area contributed by atoms with Crippen LogP contribution in [0.1, 0.15) is 18.6 Å². The lowest BCUT2D eigenvalue weighted by Crippen LogP contribution is -2.38. The van der Waals surface area contributed by atoms with Gasteiger partial charge in [-0.1, -0.05) is 6.07 Å². The van der Waals surface area contributed by atoms with Crippen LogP contribution in [-0.4, -0.2) is 34.0 Å². The molecule has 2 aromatic rings. The summed E-state index contributed by atoms with van der Waals surface area (Å²) in [4.78, 5) is 17.5. The zero-order chi connectivity index (χ0) is 15.4. The third kappa shape index (κ3) is 3.90.